The maximum absolute atomic E-state index is 10.0. The summed E-state index contributed by atoms with van der Waals surface area (Å²) in [5.74, 6) is 0. The quantitative estimate of drug-likeness (QED) is 0.507. The van der Waals surface area contributed by atoms with Crippen LogP contribution in [0.25, 0.3) is 0 Å². The smallest absolute Gasteiger partial charge is 0.240 e. The van der Waals surface area contributed by atoms with E-state index in [0.717, 1.165) is 13.0 Å². The molecule has 0 radical (unpaired) electrons. The average molecular weight is 194 g/mol. The summed E-state index contributed by atoms with van der Waals surface area (Å²) in [5.41, 5.74) is 0.651. The van der Waals surface area contributed by atoms with Crippen molar-refractivity contribution in [3.63, 3.8) is 0 Å². The van der Waals surface area contributed by atoms with Gasteiger partial charge in [0.05, 0.1) is 0 Å². The summed E-state index contributed by atoms with van der Waals surface area (Å²) in [4.78, 5) is 16.0. The van der Waals surface area contributed by atoms with Crippen LogP contribution in [0.3, 0.4) is 0 Å². The van der Waals surface area contributed by atoms with Crippen LogP contribution in [0.1, 0.15) is 33.1 Å². The van der Waals surface area contributed by atoms with Gasteiger partial charge in [0.25, 0.3) is 0 Å². The number of likely N-dealkylation sites (tertiary alicyclic amines) is 1. The summed E-state index contributed by atoms with van der Waals surface area (Å²) in [6.07, 6.45) is 4.76. The molecule has 1 fully saturated rings. The van der Waals surface area contributed by atoms with Gasteiger partial charge in [-0.15, -0.1) is 0 Å². The standard InChI is InChI=1S/C11H18N2O/c1-9(2)13-6-4-5-11(13)7-10(3)12-8-14/h9,11H,3-7H2,1-2H3. The lowest BCUT2D eigenvalue weighted by molar-refractivity contribution is 0.202. The highest BCUT2D eigenvalue weighted by Crippen LogP contribution is 2.24. The van der Waals surface area contributed by atoms with Gasteiger partial charge in [-0.25, -0.2) is 4.79 Å². The second-order valence-corrected chi connectivity index (χ2v) is 4.10. The van der Waals surface area contributed by atoms with E-state index in [1.165, 1.54) is 12.8 Å². The van der Waals surface area contributed by atoms with E-state index in [1.54, 1.807) is 6.08 Å². The monoisotopic (exact) mass is 194 g/mol. The Balaban J connectivity index is 2.51. The molecule has 1 atom stereocenters. The molecule has 1 aliphatic heterocycles. The van der Waals surface area contributed by atoms with Crippen molar-refractivity contribution in [2.75, 3.05) is 6.54 Å². The molecule has 3 nitrogen and oxygen atoms in total. The molecule has 78 valence electrons. The SMILES string of the molecule is C=C(CC1CCCN1C(C)C)N=C=O. The fraction of sp³-hybridized carbons (Fsp3) is 0.727. The van der Waals surface area contributed by atoms with Crippen molar-refractivity contribution in [1.29, 1.82) is 0 Å². The molecule has 1 saturated heterocycles. The number of hydrogen-bond acceptors (Lipinski definition) is 3. The second-order valence-electron chi connectivity index (χ2n) is 4.10. The first-order valence-electron chi connectivity index (χ1n) is 5.16. The fourth-order valence-corrected chi connectivity index (χ4v) is 2.14. The normalized spacial score (nSPS) is 22.4. The van der Waals surface area contributed by atoms with Crippen LogP contribution in [0.15, 0.2) is 17.3 Å². The highest BCUT2D eigenvalue weighted by atomic mass is 16.1. The van der Waals surface area contributed by atoms with Crippen LogP contribution in [0.5, 0.6) is 0 Å². The number of isocyanates is 1. The molecule has 0 aliphatic carbocycles. The Hall–Kier alpha value is -0.920. The Morgan fingerprint density at radius 2 is 2.43 bits per heavy atom. The Morgan fingerprint density at radius 3 is 3.00 bits per heavy atom. The lowest BCUT2D eigenvalue weighted by Gasteiger charge is -2.27. The van der Waals surface area contributed by atoms with Crippen LogP contribution in [0.4, 0.5) is 0 Å². The molecule has 1 heterocycles. The molecule has 1 aliphatic rings. The summed E-state index contributed by atoms with van der Waals surface area (Å²) in [6, 6.07) is 1.08. The third-order valence-corrected chi connectivity index (χ3v) is 2.76. The zero-order chi connectivity index (χ0) is 10.6. The van der Waals surface area contributed by atoms with Crippen molar-refractivity contribution in [2.45, 2.75) is 45.2 Å². The van der Waals surface area contributed by atoms with Gasteiger partial charge >= 0.3 is 0 Å². The van der Waals surface area contributed by atoms with Crippen LogP contribution < -0.4 is 0 Å². The number of nitrogens with zero attached hydrogens (tertiary/aromatic N) is 2. The van der Waals surface area contributed by atoms with Crippen LogP contribution in [0.2, 0.25) is 0 Å². The minimum atomic E-state index is 0.514. The van der Waals surface area contributed by atoms with Gasteiger partial charge in [0, 0.05) is 24.2 Å². The van der Waals surface area contributed by atoms with Crippen molar-refractivity contribution in [2.24, 2.45) is 4.99 Å². The van der Waals surface area contributed by atoms with Crippen molar-refractivity contribution in [3.8, 4) is 0 Å². The molecule has 1 rings (SSSR count). The van der Waals surface area contributed by atoms with Crippen LogP contribution in [-0.4, -0.2) is 29.6 Å². The topological polar surface area (TPSA) is 32.7 Å². The van der Waals surface area contributed by atoms with Gasteiger partial charge in [0.15, 0.2) is 0 Å². The molecule has 0 aromatic heterocycles. The van der Waals surface area contributed by atoms with E-state index >= 15 is 0 Å². The first kappa shape index (κ1) is 11.2. The average Bonchev–Trinajstić information content (AvgIpc) is 2.52. The maximum atomic E-state index is 10.0. The lowest BCUT2D eigenvalue weighted by atomic mass is 10.1. The third-order valence-electron chi connectivity index (χ3n) is 2.76. The minimum absolute atomic E-state index is 0.514. The molecule has 0 aromatic rings. The molecule has 0 aromatic carbocycles. The van der Waals surface area contributed by atoms with Gasteiger partial charge < -0.3 is 0 Å². The largest absolute Gasteiger partial charge is 0.298 e. The molecule has 0 N–H and O–H groups in total. The molecular formula is C11H18N2O. The Bertz CT molecular complexity index is 254. The molecule has 3 heteroatoms. The van der Waals surface area contributed by atoms with E-state index in [0.29, 0.717) is 17.8 Å². The molecule has 0 bridgehead atoms. The van der Waals surface area contributed by atoms with E-state index in [4.69, 9.17) is 0 Å². The van der Waals surface area contributed by atoms with Gasteiger partial charge in [-0.3, -0.25) is 4.90 Å². The third kappa shape index (κ3) is 2.79. The molecule has 0 spiro atoms. The Kier molecular flexibility index (Phi) is 4.05. The number of rotatable bonds is 4. The summed E-state index contributed by atoms with van der Waals surface area (Å²) in [7, 11) is 0. The predicted octanol–water partition coefficient (Wildman–Crippen LogP) is 2.10. The molecule has 0 amide bonds. The van der Waals surface area contributed by atoms with E-state index in [-0.39, 0.29) is 0 Å². The summed E-state index contributed by atoms with van der Waals surface area (Å²) < 4.78 is 0. The van der Waals surface area contributed by atoms with Crippen LogP contribution >= 0.6 is 0 Å². The van der Waals surface area contributed by atoms with Crippen LogP contribution in [0, 0.1) is 0 Å². The zero-order valence-electron chi connectivity index (χ0n) is 8.99. The second kappa shape index (κ2) is 5.08. The lowest BCUT2D eigenvalue weighted by Crippen LogP contribution is -2.35. The Labute approximate surface area is 85.5 Å². The summed E-state index contributed by atoms with van der Waals surface area (Å²) in [6.45, 7) is 9.30. The van der Waals surface area contributed by atoms with Crippen molar-refractivity contribution < 1.29 is 4.79 Å². The van der Waals surface area contributed by atoms with Gasteiger partial charge in [0.2, 0.25) is 6.08 Å². The van der Waals surface area contributed by atoms with Crippen LogP contribution in [-0.2, 0) is 4.79 Å². The van der Waals surface area contributed by atoms with Gasteiger partial charge in [-0.2, -0.15) is 4.99 Å². The highest BCUT2D eigenvalue weighted by molar-refractivity contribution is 5.36. The highest BCUT2D eigenvalue weighted by Gasteiger charge is 2.26. The van der Waals surface area contributed by atoms with Gasteiger partial charge in [-0.05, 0) is 33.2 Å². The summed E-state index contributed by atoms with van der Waals surface area (Å²) in [5, 5.41) is 0. The minimum Gasteiger partial charge on any atom is -0.298 e. The zero-order valence-corrected chi connectivity index (χ0v) is 8.99. The number of aliphatic imine (C=N–C) groups is 1. The first-order valence-corrected chi connectivity index (χ1v) is 5.16. The maximum Gasteiger partial charge on any atom is 0.240 e. The van der Waals surface area contributed by atoms with E-state index in [2.05, 4.69) is 30.3 Å². The molecular weight excluding hydrogens is 176 g/mol. The molecule has 14 heavy (non-hydrogen) atoms. The van der Waals surface area contributed by atoms with Crippen molar-refractivity contribution in [1.82, 2.24) is 4.90 Å². The van der Waals surface area contributed by atoms with Gasteiger partial charge in [-0.1, -0.05) is 6.58 Å². The summed E-state index contributed by atoms with van der Waals surface area (Å²) >= 11 is 0. The van der Waals surface area contributed by atoms with Crippen molar-refractivity contribution in [3.05, 3.63) is 12.3 Å². The van der Waals surface area contributed by atoms with Gasteiger partial charge in [0.1, 0.15) is 0 Å². The number of hydrogen-bond donors (Lipinski definition) is 0. The van der Waals surface area contributed by atoms with E-state index < -0.39 is 0 Å². The fourth-order valence-electron chi connectivity index (χ4n) is 2.14. The van der Waals surface area contributed by atoms with E-state index in [9.17, 15) is 4.79 Å². The van der Waals surface area contributed by atoms with Crippen molar-refractivity contribution >= 4 is 6.08 Å². The Morgan fingerprint density at radius 1 is 1.71 bits per heavy atom. The van der Waals surface area contributed by atoms with E-state index in [1.807, 2.05) is 0 Å². The first-order chi connectivity index (χ1) is 6.65. The predicted molar refractivity (Wildman–Crippen MR) is 56.7 cm³/mol. The molecule has 1 unspecified atom stereocenters. The number of carbonyl (C=O) groups excluding carboxylic acids is 1. The molecule has 0 saturated carbocycles.